The summed E-state index contributed by atoms with van der Waals surface area (Å²) in [7, 11) is 1.24. The predicted molar refractivity (Wildman–Crippen MR) is 134 cm³/mol. The number of hydrogen-bond acceptors (Lipinski definition) is 4. The van der Waals surface area contributed by atoms with Gasteiger partial charge in [0, 0.05) is 24.8 Å². The van der Waals surface area contributed by atoms with Crippen LogP contribution in [0.4, 0.5) is 34.8 Å². The maximum absolute atomic E-state index is 14.5. The van der Waals surface area contributed by atoms with Crippen LogP contribution < -0.4 is 14.9 Å². The van der Waals surface area contributed by atoms with Crippen molar-refractivity contribution >= 4 is 34.4 Å². The number of aromatic nitrogens is 1. The zero-order chi connectivity index (χ0) is 27.5. The molecule has 0 radical (unpaired) electrons. The molecule has 7 nitrogen and oxygen atoms in total. The minimum atomic E-state index is -4.65. The van der Waals surface area contributed by atoms with Gasteiger partial charge in [-0.2, -0.15) is 13.2 Å². The molecule has 1 amide bonds. The highest BCUT2D eigenvalue weighted by molar-refractivity contribution is 7.80. The average molecular weight is 539 g/mol. The average Bonchev–Trinajstić information content (AvgIpc) is 2.83. The Kier molecular flexibility index (Phi) is 8.54. The fourth-order valence-corrected chi connectivity index (χ4v) is 3.79. The summed E-state index contributed by atoms with van der Waals surface area (Å²) in [6.45, 7) is 5.19. The van der Waals surface area contributed by atoms with Gasteiger partial charge in [0.05, 0.1) is 11.6 Å². The van der Waals surface area contributed by atoms with Crippen LogP contribution in [-0.4, -0.2) is 26.7 Å². The summed E-state index contributed by atoms with van der Waals surface area (Å²) in [5.41, 5.74) is 1.94. The van der Waals surface area contributed by atoms with Crippen molar-refractivity contribution in [2.24, 2.45) is 0 Å². The van der Waals surface area contributed by atoms with Crippen LogP contribution in [0, 0.1) is 19.7 Å². The third kappa shape index (κ3) is 6.83. The van der Waals surface area contributed by atoms with Crippen molar-refractivity contribution in [3.63, 3.8) is 0 Å². The molecule has 12 heteroatoms. The van der Waals surface area contributed by atoms with E-state index in [2.05, 4.69) is 15.6 Å². The first kappa shape index (κ1) is 28.1. The van der Waals surface area contributed by atoms with Gasteiger partial charge in [-0.25, -0.2) is 13.6 Å². The highest BCUT2D eigenvalue weighted by Gasteiger charge is 2.33. The van der Waals surface area contributed by atoms with Gasteiger partial charge < -0.3 is 10.6 Å². The number of aryl methyl sites for hydroxylation is 2. The number of carbonyl (C=O) groups is 1. The normalized spacial score (nSPS) is 13.1. The molecule has 2 aromatic carbocycles. The molecular formula is C25H26F4N4O3S. The largest absolute Gasteiger partial charge is 0.433 e. The Morgan fingerprint density at radius 3 is 2.41 bits per heavy atom. The summed E-state index contributed by atoms with van der Waals surface area (Å²) < 4.78 is 75.5. The van der Waals surface area contributed by atoms with Gasteiger partial charge >= 0.3 is 6.18 Å². The SMILES string of the molecule is Cc1ccc(Nc2nc(C(F)(F)F)ccc2CNC(=O)C(C)c2ccc(N(C)S(=O)O)c(F)c2)cc1C. The van der Waals surface area contributed by atoms with E-state index >= 15 is 0 Å². The molecule has 3 N–H and O–H groups in total. The summed E-state index contributed by atoms with van der Waals surface area (Å²) in [6, 6.07) is 11.2. The van der Waals surface area contributed by atoms with E-state index in [1.165, 1.54) is 32.2 Å². The smallest absolute Gasteiger partial charge is 0.351 e. The minimum absolute atomic E-state index is 0.0542. The van der Waals surface area contributed by atoms with Crippen LogP contribution in [-0.2, 0) is 28.8 Å². The fraction of sp³-hybridized carbons (Fsp3) is 0.280. The van der Waals surface area contributed by atoms with Crippen LogP contribution >= 0.6 is 0 Å². The summed E-state index contributed by atoms with van der Waals surface area (Å²) in [4.78, 5) is 16.5. The maximum Gasteiger partial charge on any atom is 0.433 e. The van der Waals surface area contributed by atoms with Crippen molar-refractivity contribution in [1.29, 1.82) is 0 Å². The Labute approximate surface area is 214 Å². The Morgan fingerprint density at radius 2 is 1.81 bits per heavy atom. The number of pyridine rings is 1. The second-order valence-electron chi connectivity index (χ2n) is 8.50. The number of nitrogens with one attached hydrogen (secondary N) is 2. The van der Waals surface area contributed by atoms with Crippen molar-refractivity contribution in [3.8, 4) is 0 Å². The van der Waals surface area contributed by atoms with Crippen molar-refractivity contribution in [2.45, 2.75) is 39.4 Å². The first-order valence-corrected chi connectivity index (χ1v) is 12.2. The summed E-state index contributed by atoms with van der Waals surface area (Å²) in [5, 5.41) is 5.56. The van der Waals surface area contributed by atoms with E-state index in [4.69, 9.17) is 4.55 Å². The maximum atomic E-state index is 14.5. The van der Waals surface area contributed by atoms with E-state index in [1.807, 2.05) is 19.9 Å². The van der Waals surface area contributed by atoms with Crippen LogP contribution in [0.2, 0.25) is 0 Å². The van der Waals surface area contributed by atoms with E-state index in [9.17, 15) is 26.6 Å². The topological polar surface area (TPSA) is 94.6 Å². The lowest BCUT2D eigenvalue weighted by atomic mass is 9.99. The zero-order valence-electron chi connectivity index (χ0n) is 20.5. The third-order valence-electron chi connectivity index (χ3n) is 5.93. The van der Waals surface area contributed by atoms with Crippen molar-refractivity contribution in [3.05, 3.63) is 82.3 Å². The number of benzene rings is 2. The molecule has 0 aliphatic carbocycles. The monoisotopic (exact) mass is 538 g/mol. The molecule has 1 aromatic heterocycles. The number of rotatable bonds is 8. The van der Waals surface area contributed by atoms with Crippen molar-refractivity contribution in [1.82, 2.24) is 10.3 Å². The number of hydrogen-bond donors (Lipinski definition) is 3. The van der Waals surface area contributed by atoms with Gasteiger partial charge in [0.2, 0.25) is 5.91 Å². The van der Waals surface area contributed by atoms with Gasteiger partial charge in [0.25, 0.3) is 11.3 Å². The Bertz CT molecular complexity index is 1330. The van der Waals surface area contributed by atoms with E-state index in [0.29, 0.717) is 16.8 Å². The summed E-state index contributed by atoms with van der Waals surface area (Å²) in [6.07, 6.45) is -4.65. The predicted octanol–water partition coefficient (Wildman–Crippen LogP) is 5.59. The number of amides is 1. The molecule has 1 heterocycles. The molecule has 198 valence electrons. The molecule has 37 heavy (non-hydrogen) atoms. The Hall–Kier alpha value is -3.51. The van der Waals surface area contributed by atoms with E-state index in [0.717, 1.165) is 27.6 Å². The highest BCUT2D eigenvalue weighted by atomic mass is 32.2. The zero-order valence-corrected chi connectivity index (χ0v) is 21.3. The summed E-state index contributed by atoms with van der Waals surface area (Å²) in [5.74, 6) is -2.15. The quantitative estimate of drug-likeness (QED) is 0.257. The lowest BCUT2D eigenvalue weighted by Gasteiger charge is -2.18. The molecule has 3 rings (SSSR count). The summed E-state index contributed by atoms with van der Waals surface area (Å²) >= 11 is -2.42. The van der Waals surface area contributed by atoms with E-state index in [1.54, 1.807) is 12.1 Å². The molecular weight excluding hydrogens is 512 g/mol. The van der Waals surface area contributed by atoms with Gasteiger partial charge in [0.15, 0.2) is 0 Å². The molecule has 0 fully saturated rings. The molecule has 3 aromatic rings. The van der Waals surface area contributed by atoms with Crippen LogP contribution in [0.5, 0.6) is 0 Å². The third-order valence-corrected chi connectivity index (χ3v) is 6.60. The van der Waals surface area contributed by atoms with E-state index < -0.39 is 40.8 Å². The number of anilines is 3. The number of carbonyl (C=O) groups excluding carboxylic acids is 1. The molecule has 0 aliphatic heterocycles. The standard InChI is InChI=1S/C25H26F4N4O3S/c1-14-5-8-19(11-15(14)2)31-23-18(7-10-22(32-23)25(27,28)29)13-30-24(34)16(3)17-6-9-21(20(26)12-17)33(4)37(35)36/h5-12,16H,13H2,1-4H3,(H,30,34)(H,31,32)(H,35,36). The lowest BCUT2D eigenvalue weighted by Crippen LogP contribution is -2.28. The van der Waals surface area contributed by atoms with Gasteiger partial charge in [0.1, 0.15) is 17.3 Å². The van der Waals surface area contributed by atoms with Gasteiger partial charge in [-0.05, 0) is 67.8 Å². The first-order valence-electron chi connectivity index (χ1n) is 11.1. The van der Waals surface area contributed by atoms with Gasteiger partial charge in [-0.15, -0.1) is 0 Å². The minimum Gasteiger partial charge on any atom is -0.351 e. The lowest BCUT2D eigenvalue weighted by molar-refractivity contribution is -0.141. The number of halogens is 4. The van der Waals surface area contributed by atoms with Crippen LogP contribution in [0.3, 0.4) is 0 Å². The van der Waals surface area contributed by atoms with Gasteiger partial charge in [-0.3, -0.25) is 13.7 Å². The fourth-order valence-electron chi connectivity index (χ4n) is 3.47. The van der Waals surface area contributed by atoms with Crippen molar-refractivity contribution < 1.29 is 31.1 Å². The van der Waals surface area contributed by atoms with Gasteiger partial charge in [-0.1, -0.05) is 18.2 Å². The van der Waals surface area contributed by atoms with Crippen LogP contribution in [0.15, 0.2) is 48.5 Å². The molecule has 2 atom stereocenters. The molecule has 0 bridgehead atoms. The molecule has 0 saturated carbocycles. The van der Waals surface area contributed by atoms with Crippen LogP contribution in [0.25, 0.3) is 0 Å². The molecule has 0 saturated heterocycles. The van der Waals surface area contributed by atoms with E-state index in [-0.39, 0.29) is 18.1 Å². The molecule has 0 spiro atoms. The molecule has 0 aliphatic rings. The van der Waals surface area contributed by atoms with Crippen molar-refractivity contribution in [2.75, 3.05) is 16.7 Å². The first-order chi connectivity index (χ1) is 17.3. The van der Waals surface area contributed by atoms with Crippen LogP contribution in [0.1, 0.15) is 40.8 Å². The second kappa shape index (κ2) is 11.3. The number of alkyl halides is 3. The Morgan fingerprint density at radius 1 is 1.11 bits per heavy atom. The number of nitrogens with zero attached hydrogens (tertiary/aromatic N) is 2. The Balaban J connectivity index is 1.80. The molecule has 2 unspecified atom stereocenters. The highest BCUT2D eigenvalue weighted by Crippen LogP contribution is 2.31. The second-order valence-corrected chi connectivity index (χ2v) is 9.51.